The van der Waals surface area contributed by atoms with Gasteiger partial charge in [-0.2, -0.15) is 24.9 Å². The number of benzene rings is 1. The van der Waals surface area contributed by atoms with Crippen molar-refractivity contribution >= 4 is 41.1 Å². The molecule has 2 aliphatic heterocycles. The van der Waals surface area contributed by atoms with Crippen molar-refractivity contribution in [3.05, 3.63) is 28.3 Å². The fourth-order valence-corrected chi connectivity index (χ4v) is 3.86. The molecule has 3 rings (SSSR count). The van der Waals surface area contributed by atoms with Crippen LogP contribution in [-0.2, 0) is 4.79 Å². The molecule has 1 aromatic carbocycles. The van der Waals surface area contributed by atoms with Gasteiger partial charge < -0.3 is 14.7 Å². The second-order valence-corrected chi connectivity index (χ2v) is 7.02. The molecule has 24 heavy (non-hydrogen) atoms. The Labute approximate surface area is 145 Å². The fourth-order valence-electron chi connectivity index (χ4n) is 2.67. The minimum absolute atomic E-state index is 0.0139. The lowest BCUT2D eigenvalue weighted by molar-refractivity contribution is -0.187. The predicted octanol–water partition coefficient (Wildman–Crippen LogP) is 3.68. The van der Waals surface area contributed by atoms with Gasteiger partial charge in [0.25, 0.3) is 0 Å². The number of fused-ring (bicyclic) bond motifs is 1. The highest BCUT2D eigenvalue weighted by Gasteiger charge is 2.48. The third-order valence-corrected chi connectivity index (χ3v) is 5.06. The van der Waals surface area contributed by atoms with Gasteiger partial charge in [0, 0.05) is 36.2 Å². The Morgan fingerprint density at radius 2 is 2.00 bits per heavy atom. The van der Waals surface area contributed by atoms with Gasteiger partial charge in [0.1, 0.15) is 5.75 Å². The molecule has 1 aromatic rings. The Balaban J connectivity index is 2.03. The highest BCUT2D eigenvalue weighted by atomic mass is 35.5. The van der Waals surface area contributed by atoms with Crippen LogP contribution in [0.4, 0.5) is 18.9 Å². The lowest BCUT2D eigenvalue weighted by Crippen LogP contribution is -2.40. The van der Waals surface area contributed by atoms with Crippen molar-refractivity contribution < 1.29 is 27.8 Å². The number of alkyl halides is 3. The molecule has 0 amide bonds. The third kappa shape index (κ3) is 3.30. The first-order valence-corrected chi connectivity index (χ1v) is 8.65. The van der Waals surface area contributed by atoms with Gasteiger partial charge >= 0.3 is 12.1 Å². The zero-order valence-corrected chi connectivity index (χ0v) is 13.8. The van der Waals surface area contributed by atoms with Crippen molar-refractivity contribution in [2.75, 3.05) is 29.5 Å². The Kier molecular flexibility index (Phi) is 4.61. The predicted molar refractivity (Wildman–Crippen MR) is 87.1 cm³/mol. The Morgan fingerprint density at radius 3 is 2.58 bits per heavy atom. The van der Waals surface area contributed by atoms with Gasteiger partial charge in [0.15, 0.2) is 0 Å². The Bertz CT molecular complexity index is 702. The minimum atomic E-state index is -4.82. The second-order valence-electron chi connectivity index (χ2n) is 5.39. The number of aliphatic carboxylic acids is 1. The SMILES string of the molecule is O=C(O)C1=Cc2cc(Cl)c(N3CCSCC3)cc2OC1C(F)(F)F. The number of carbonyl (C=O) groups is 1. The number of nitrogens with zero attached hydrogens (tertiary/aromatic N) is 1. The number of hydrogen-bond acceptors (Lipinski definition) is 4. The summed E-state index contributed by atoms with van der Waals surface area (Å²) in [6.07, 6.45) is -6.33. The van der Waals surface area contributed by atoms with Crippen LogP contribution in [0.15, 0.2) is 17.7 Å². The molecule has 1 saturated heterocycles. The Morgan fingerprint density at radius 1 is 1.33 bits per heavy atom. The molecule has 1 unspecified atom stereocenters. The summed E-state index contributed by atoms with van der Waals surface area (Å²) in [7, 11) is 0. The normalized spacial score (nSPS) is 20.9. The molecule has 2 aliphatic rings. The molecule has 1 N–H and O–H groups in total. The first-order valence-electron chi connectivity index (χ1n) is 7.12. The van der Waals surface area contributed by atoms with Gasteiger partial charge in [0.2, 0.25) is 6.10 Å². The maximum Gasteiger partial charge on any atom is 0.430 e. The van der Waals surface area contributed by atoms with E-state index in [1.165, 1.54) is 12.1 Å². The number of rotatable bonds is 2. The third-order valence-electron chi connectivity index (χ3n) is 3.81. The summed E-state index contributed by atoms with van der Waals surface area (Å²) in [5.74, 6) is 0.126. The van der Waals surface area contributed by atoms with Crippen molar-refractivity contribution in [3.8, 4) is 5.75 Å². The van der Waals surface area contributed by atoms with E-state index < -0.39 is 23.8 Å². The molecular weight excluding hydrogens is 367 g/mol. The molecule has 130 valence electrons. The summed E-state index contributed by atoms with van der Waals surface area (Å²) >= 11 is 8.04. The highest BCUT2D eigenvalue weighted by molar-refractivity contribution is 7.99. The standard InChI is InChI=1S/C15H13ClF3NO3S/c16-10-6-8-5-9(14(21)22)13(15(17,18)19)23-12(8)7-11(10)20-1-3-24-4-2-20/h5-7,13H,1-4H2,(H,21,22). The molecule has 9 heteroatoms. The van der Waals surface area contributed by atoms with Crippen molar-refractivity contribution in [1.29, 1.82) is 0 Å². The summed E-state index contributed by atoms with van der Waals surface area (Å²) in [5, 5.41) is 9.39. The average molecular weight is 380 g/mol. The number of halogens is 4. The van der Waals surface area contributed by atoms with Crippen LogP contribution >= 0.6 is 23.4 Å². The molecule has 0 aromatic heterocycles. The van der Waals surface area contributed by atoms with Crippen LogP contribution in [0, 0.1) is 0 Å². The second kappa shape index (κ2) is 6.40. The smallest absolute Gasteiger partial charge is 0.430 e. The molecule has 1 fully saturated rings. The van der Waals surface area contributed by atoms with E-state index in [9.17, 15) is 18.0 Å². The molecule has 0 aliphatic carbocycles. The molecule has 0 radical (unpaired) electrons. The van der Waals surface area contributed by atoms with Crippen LogP contribution in [-0.4, -0.2) is 48.0 Å². The van der Waals surface area contributed by atoms with Gasteiger partial charge in [-0.1, -0.05) is 11.6 Å². The zero-order valence-electron chi connectivity index (χ0n) is 12.3. The van der Waals surface area contributed by atoms with Gasteiger partial charge in [0.05, 0.1) is 16.3 Å². The molecule has 0 saturated carbocycles. The van der Waals surface area contributed by atoms with Crippen LogP contribution in [0.5, 0.6) is 5.75 Å². The van der Waals surface area contributed by atoms with Gasteiger partial charge in [-0.15, -0.1) is 0 Å². The van der Waals surface area contributed by atoms with E-state index in [4.69, 9.17) is 21.4 Å². The zero-order chi connectivity index (χ0) is 17.5. The number of thioether (sulfide) groups is 1. The minimum Gasteiger partial charge on any atom is -0.478 e. The molecule has 2 heterocycles. The van der Waals surface area contributed by atoms with E-state index in [0.29, 0.717) is 10.7 Å². The molecular formula is C15H13ClF3NO3S. The topological polar surface area (TPSA) is 49.8 Å². The number of ether oxygens (including phenoxy) is 1. The molecule has 4 nitrogen and oxygen atoms in total. The summed E-state index contributed by atoms with van der Waals surface area (Å²) in [6, 6.07) is 2.91. The van der Waals surface area contributed by atoms with E-state index in [0.717, 1.165) is 30.7 Å². The van der Waals surface area contributed by atoms with Crippen LogP contribution in [0.25, 0.3) is 6.08 Å². The summed E-state index contributed by atoms with van der Waals surface area (Å²) in [4.78, 5) is 13.1. The van der Waals surface area contributed by atoms with Crippen LogP contribution < -0.4 is 9.64 Å². The lowest BCUT2D eigenvalue weighted by Gasteiger charge is -2.32. The van der Waals surface area contributed by atoms with Crippen LogP contribution in [0.2, 0.25) is 5.02 Å². The largest absolute Gasteiger partial charge is 0.478 e. The molecule has 0 spiro atoms. The quantitative estimate of drug-likeness (QED) is 0.849. The van der Waals surface area contributed by atoms with Crippen molar-refractivity contribution in [2.24, 2.45) is 0 Å². The summed E-state index contributed by atoms with van der Waals surface area (Å²) < 4.78 is 44.3. The van der Waals surface area contributed by atoms with Crippen LogP contribution in [0.3, 0.4) is 0 Å². The van der Waals surface area contributed by atoms with Gasteiger partial charge in [-0.05, 0) is 12.1 Å². The van der Waals surface area contributed by atoms with E-state index >= 15 is 0 Å². The van der Waals surface area contributed by atoms with E-state index in [-0.39, 0.29) is 11.3 Å². The van der Waals surface area contributed by atoms with Crippen molar-refractivity contribution in [2.45, 2.75) is 12.3 Å². The average Bonchev–Trinajstić information content (AvgIpc) is 2.53. The van der Waals surface area contributed by atoms with Crippen LogP contribution in [0.1, 0.15) is 5.56 Å². The lowest BCUT2D eigenvalue weighted by atomic mass is 10.0. The highest BCUT2D eigenvalue weighted by Crippen LogP contribution is 2.42. The number of carboxylic acid groups (broad SMARTS) is 1. The van der Waals surface area contributed by atoms with Crippen molar-refractivity contribution in [1.82, 2.24) is 0 Å². The first kappa shape index (κ1) is 17.3. The summed E-state index contributed by atoms with van der Waals surface area (Å²) in [5.41, 5.74) is -0.0231. The fraction of sp³-hybridized carbons (Fsp3) is 0.400. The maximum absolute atomic E-state index is 13.1. The maximum atomic E-state index is 13.1. The monoisotopic (exact) mass is 379 g/mol. The van der Waals surface area contributed by atoms with Gasteiger partial charge in [-0.25, -0.2) is 4.79 Å². The molecule has 1 atom stereocenters. The summed E-state index contributed by atoms with van der Waals surface area (Å²) in [6.45, 7) is 1.48. The number of hydrogen-bond donors (Lipinski definition) is 1. The number of carboxylic acids is 1. The van der Waals surface area contributed by atoms with E-state index in [1.807, 2.05) is 4.90 Å². The van der Waals surface area contributed by atoms with Gasteiger partial charge in [-0.3, -0.25) is 0 Å². The van der Waals surface area contributed by atoms with E-state index in [2.05, 4.69) is 0 Å². The van der Waals surface area contributed by atoms with Crippen molar-refractivity contribution in [3.63, 3.8) is 0 Å². The molecule has 0 bridgehead atoms. The Hall–Kier alpha value is -1.54. The first-order chi connectivity index (χ1) is 11.3. The van der Waals surface area contributed by atoms with E-state index in [1.54, 1.807) is 11.8 Å². The number of anilines is 1.